The summed E-state index contributed by atoms with van der Waals surface area (Å²) in [5, 5.41) is 3.73. The standard InChI is InChI=1S/C14H26N2S/c1-3-15-14(12-7-5-4-6-8-12)13-11-17-10-9-16(13)2/h7,13-15H,3-6,8-11H2,1-2H3. The van der Waals surface area contributed by atoms with Crippen molar-refractivity contribution >= 4 is 11.8 Å². The van der Waals surface area contributed by atoms with Crippen molar-refractivity contribution in [2.45, 2.75) is 44.7 Å². The minimum absolute atomic E-state index is 0.595. The van der Waals surface area contributed by atoms with Crippen LogP contribution < -0.4 is 5.32 Å². The van der Waals surface area contributed by atoms with E-state index in [0.29, 0.717) is 12.1 Å². The topological polar surface area (TPSA) is 15.3 Å². The molecule has 2 nitrogen and oxygen atoms in total. The van der Waals surface area contributed by atoms with Gasteiger partial charge in [-0.2, -0.15) is 11.8 Å². The summed E-state index contributed by atoms with van der Waals surface area (Å²) in [6, 6.07) is 1.29. The second kappa shape index (κ2) is 6.81. The number of thioether (sulfide) groups is 1. The Hall–Kier alpha value is 0.01000. The van der Waals surface area contributed by atoms with Gasteiger partial charge in [0.05, 0.1) is 0 Å². The molecule has 0 spiro atoms. The van der Waals surface area contributed by atoms with Crippen molar-refractivity contribution in [1.82, 2.24) is 10.2 Å². The lowest BCUT2D eigenvalue weighted by atomic mass is 9.89. The third-order valence-corrected chi connectivity index (χ3v) is 5.03. The Labute approximate surface area is 110 Å². The van der Waals surface area contributed by atoms with Crippen molar-refractivity contribution in [1.29, 1.82) is 0 Å². The van der Waals surface area contributed by atoms with Crippen molar-refractivity contribution in [3.05, 3.63) is 11.6 Å². The zero-order valence-corrected chi connectivity index (χ0v) is 12.1. The SMILES string of the molecule is CCNC(C1=CCCCC1)C1CSCCN1C. The molecule has 3 heteroatoms. The molecule has 0 aromatic rings. The van der Waals surface area contributed by atoms with Gasteiger partial charge in [0.15, 0.2) is 0 Å². The van der Waals surface area contributed by atoms with Crippen LogP contribution in [-0.2, 0) is 0 Å². The van der Waals surface area contributed by atoms with Gasteiger partial charge in [0.2, 0.25) is 0 Å². The van der Waals surface area contributed by atoms with E-state index in [1.54, 1.807) is 5.57 Å². The van der Waals surface area contributed by atoms with E-state index >= 15 is 0 Å². The highest BCUT2D eigenvalue weighted by Crippen LogP contribution is 2.27. The Balaban J connectivity index is 2.06. The van der Waals surface area contributed by atoms with E-state index in [-0.39, 0.29) is 0 Å². The highest BCUT2D eigenvalue weighted by molar-refractivity contribution is 7.99. The fourth-order valence-electron chi connectivity index (χ4n) is 2.94. The molecule has 2 atom stereocenters. The zero-order valence-electron chi connectivity index (χ0n) is 11.2. The molecule has 0 aromatic carbocycles. The maximum Gasteiger partial charge on any atom is 0.0445 e. The van der Waals surface area contributed by atoms with Crippen LogP contribution in [0.15, 0.2) is 11.6 Å². The molecular formula is C14H26N2S. The van der Waals surface area contributed by atoms with Crippen LogP contribution in [0.3, 0.4) is 0 Å². The largest absolute Gasteiger partial charge is 0.309 e. The van der Waals surface area contributed by atoms with Gasteiger partial charge in [-0.1, -0.05) is 18.6 Å². The third-order valence-electron chi connectivity index (χ3n) is 3.98. The molecule has 0 amide bonds. The van der Waals surface area contributed by atoms with E-state index in [1.807, 2.05) is 0 Å². The average molecular weight is 254 g/mol. The van der Waals surface area contributed by atoms with Gasteiger partial charge in [0.1, 0.15) is 0 Å². The Morgan fingerprint density at radius 3 is 3.06 bits per heavy atom. The minimum Gasteiger partial charge on any atom is -0.309 e. The first kappa shape index (κ1) is 13.4. The summed E-state index contributed by atoms with van der Waals surface area (Å²) >= 11 is 2.12. The molecule has 1 aliphatic heterocycles. The Morgan fingerprint density at radius 2 is 2.41 bits per heavy atom. The van der Waals surface area contributed by atoms with E-state index in [9.17, 15) is 0 Å². The smallest absolute Gasteiger partial charge is 0.0445 e. The lowest BCUT2D eigenvalue weighted by molar-refractivity contribution is 0.228. The predicted molar refractivity (Wildman–Crippen MR) is 77.8 cm³/mol. The third kappa shape index (κ3) is 3.49. The van der Waals surface area contributed by atoms with Crippen LogP contribution >= 0.6 is 11.8 Å². The number of rotatable bonds is 4. The molecule has 2 rings (SSSR count). The fraction of sp³-hybridized carbons (Fsp3) is 0.857. The van der Waals surface area contributed by atoms with Crippen molar-refractivity contribution in [3.63, 3.8) is 0 Å². The highest BCUT2D eigenvalue weighted by atomic mass is 32.2. The molecule has 2 aliphatic rings. The number of likely N-dealkylation sites (N-methyl/N-ethyl adjacent to an activating group) is 2. The normalized spacial score (nSPS) is 28.8. The van der Waals surface area contributed by atoms with E-state index in [0.717, 1.165) is 6.54 Å². The van der Waals surface area contributed by atoms with Gasteiger partial charge >= 0.3 is 0 Å². The van der Waals surface area contributed by atoms with Crippen LogP contribution in [0.5, 0.6) is 0 Å². The van der Waals surface area contributed by atoms with Crippen molar-refractivity contribution in [3.8, 4) is 0 Å². The van der Waals surface area contributed by atoms with Crippen LogP contribution in [0.25, 0.3) is 0 Å². The van der Waals surface area contributed by atoms with Crippen LogP contribution in [-0.4, -0.2) is 48.6 Å². The summed E-state index contributed by atoms with van der Waals surface area (Å²) in [5.41, 5.74) is 1.68. The molecule has 2 unspecified atom stereocenters. The average Bonchev–Trinajstić information content (AvgIpc) is 2.38. The molecule has 17 heavy (non-hydrogen) atoms. The molecular weight excluding hydrogens is 228 g/mol. The second-order valence-electron chi connectivity index (χ2n) is 5.18. The summed E-state index contributed by atoms with van der Waals surface area (Å²) in [6.45, 7) is 4.55. The molecule has 98 valence electrons. The predicted octanol–water partition coefficient (Wildman–Crippen LogP) is 2.51. The molecule has 1 fully saturated rings. The van der Waals surface area contributed by atoms with Crippen LogP contribution in [0, 0.1) is 0 Å². The van der Waals surface area contributed by atoms with E-state index in [2.05, 4.69) is 42.0 Å². The van der Waals surface area contributed by atoms with Gasteiger partial charge in [-0.3, -0.25) is 4.90 Å². The molecule has 1 N–H and O–H groups in total. The fourth-order valence-corrected chi connectivity index (χ4v) is 4.21. The summed E-state index contributed by atoms with van der Waals surface area (Å²) in [5.74, 6) is 2.58. The first-order valence-corrected chi connectivity index (χ1v) is 8.18. The maximum atomic E-state index is 3.73. The molecule has 0 radical (unpaired) electrons. The van der Waals surface area contributed by atoms with Gasteiger partial charge < -0.3 is 5.32 Å². The van der Waals surface area contributed by atoms with Gasteiger partial charge in [-0.05, 0) is 39.3 Å². The molecule has 1 aliphatic carbocycles. The monoisotopic (exact) mass is 254 g/mol. The van der Waals surface area contributed by atoms with Crippen LogP contribution in [0.4, 0.5) is 0 Å². The van der Waals surface area contributed by atoms with Gasteiger partial charge in [0.25, 0.3) is 0 Å². The maximum absolute atomic E-state index is 3.73. The summed E-state index contributed by atoms with van der Waals surface area (Å²) in [7, 11) is 2.29. The number of nitrogens with one attached hydrogen (secondary N) is 1. The van der Waals surface area contributed by atoms with Crippen LogP contribution in [0.2, 0.25) is 0 Å². The molecule has 0 bridgehead atoms. The number of allylic oxidation sites excluding steroid dienone is 1. The van der Waals surface area contributed by atoms with E-state index in [1.165, 1.54) is 43.7 Å². The minimum atomic E-state index is 0.595. The zero-order chi connectivity index (χ0) is 12.1. The summed E-state index contributed by atoms with van der Waals surface area (Å²) in [4.78, 5) is 2.55. The summed E-state index contributed by atoms with van der Waals surface area (Å²) in [6.07, 6.45) is 7.88. The quantitative estimate of drug-likeness (QED) is 0.776. The Bertz CT molecular complexity index is 265. The van der Waals surface area contributed by atoms with Crippen molar-refractivity contribution in [2.75, 3.05) is 31.6 Å². The first-order valence-electron chi connectivity index (χ1n) is 7.03. The molecule has 0 aromatic heterocycles. The van der Waals surface area contributed by atoms with Crippen LogP contribution in [0.1, 0.15) is 32.6 Å². The summed E-state index contributed by atoms with van der Waals surface area (Å²) < 4.78 is 0. The van der Waals surface area contributed by atoms with Gasteiger partial charge in [-0.25, -0.2) is 0 Å². The highest BCUT2D eigenvalue weighted by Gasteiger charge is 2.30. The molecule has 0 saturated carbocycles. The van der Waals surface area contributed by atoms with Crippen molar-refractivity contribution < 1.29 is 0 Å². The Morgan fingerprint density at radius 1 is 1.53 bits per heavy atom. The molecule has 1 saturated heterocycles. The number of hydrogen-bond donors (Lipinski definition) is 1. The number of nitrogens with zero attached hydrogens (tertiary/aromatic N) is 1. The molecule has 1 heterocycles. The lowest BCUT2D eigenvalue weighted by Crippen LogP contribution is -2.53. The van der Waals surface area contributed by atoms with Gasteiger partial charge in [0, 0.05) is 30.1 Å². The van der Waals surface area contributed by atoms with E-state index < -0.39 is 0 Å². The lowest BCUT2D eigenvalue weighted by Gasteiger charge is -2.40. The van der Waals surface area contributed by atoms with Crippen molar-refractivity contribution in [2.24, 2.45) is 0 Å². The number of hydrogen-bond acceptors (Lipinski definition) is 3. The second-order valence-corrected chi connectivity index (χ2v) is 6.33. The Kier molecular flexibility index (Phi) is 5.39. The first-order chi connectivity index (χ1) is 8.33. The van der Waals surface area contributed by atoms with E-state index in [4.69, 9.17) is 0 Å². The van der Waals surface area contributed by atoms with Gasteiger partial charge in [-0.15, -0.1) is 0 Å².